The van der Waals surface area contributed by atoms with Gasteiger partial charge in [-0.25, -0.2) is 0 Å². The molecule has 0 aromatic rings. The summed E-state index contributed by atoms with van der Waals surface area (Å²) in [5.74, 6) is 0.521. The molecule has 2 unspecified atom stereocenters. The van der Waals surface area contributed by atoms with Crippen LogP contribution in [0.5, 0.6) is 0 Å². The second-order valence-corrected chi connectivity index (χ2v) is 3.40. The summed E-state index contributed by atoms with van der Waals surface area (Å²) < 4.78 is 0. The summed E-state index contributed by atoms with van der Waals surface area (Å²) in [6.45, 7) is 2.12. The van der Waals surface area contributed by atoms with E-state index in [4.69, 9.17) is 17.0 Å². The van der Waals surface area contributed by atoms with Crippen LogP contribution >= 0.6 is 11.6 Å². The van der Waals surface area contributed by atoms with E-state index in [1.54, 1.807) is 0 Å². The molecule has 0 radical (unpaired) electrons. The molecule has 1 rings (SSSR count). The summed E-state index contributed by atoms with van der Waals surface area (Å²) in [4.78, 5) is 0. The quantitative estimate of drug-likeness (QED) is 0.507. The first kappa shape index (κ1) is 7.07. The summed E-state index contributed by atoms with van der Waals surface area (Å²) in [6.07, 6.45) is 2.83. The Kier molecular flexibility index (Phi) is 2.12. The second-order valence-electron chi connectivity index (χ2n) is 2.84. The minimum absolute atomic E-state index is 0.319. The van der Waals surface area contributed by atoms with Crippen LogP contribution in [0.3, 0.4) is 0 Å². The SMILES string of the molecule is CC1CC(=N)CCC1Cl. The number of hydrogen-bond donors (Lipinski definition) is 1. The van der Waals surface area contributed by atoms with E-state index in [0.29, 0.717) is 11.3 Å². The molecule has 0 aromatic carbocycles. The highest BCUT2D eigenvalue weighted by molar-refractivity contribution is 6.21. The zero-order chi connectivity index (χ0) is 6.85. The fourth-order valence-electron chi connectivity index (χ4n) is 1.22. The van der Waals surface area contributed by atoms with Crippen molar-refractivity contribution in [3.8, 4) is 0 Å². The third kappa shape index (κ3) is 1.68. The third-order valence-corrected chi connectivity index (χ3v) is 2.56. The molecule has 2 heteroatoms. The lowest BCUT2D eigenvalue weighted by Gasteiger charge is -2.23. The van der Waals surface area contributed by atoms with Gasteiger partial charge in [-0.3, -0.25) is 0 Å². The number of hydrogen-bond acceptors (Lipinski definition) is 1. The van der Waals surface area contributed by atoms with Gasteiger partial charge in [-0.2, -0.15) is 0 Å². The second kappa shape index (κ2) is 2.70. The Hall–Kier alpha value is -0.0400. The Morgan fingerprint density at radius 3 is 2.78 bits per heavy atom. The van der Waals surface area contributed by atoms with Gasteiger partial charge in [-0.15, -0.1) is 11.6 Å². The number of halogens is 1. The van der Waals surface area contributed by atoms with Crippen molar-refractivity contribution < 1.29 is 0 Å². The number of alkyl halides is 1. The predicted octanol–water partition coefficient (Wildman–Crippen LogP) is 2.43. The van der Waals surface area contributed by atoms with Gasteiger partial charge in [0.2, 0.25) is 0 Å². The van der Waals surface area contributed by atoms with Crippen molar-refractivity contribution >= 4 is 17.3 Å². The van der Waals surface area contributed by atoms with E-state index in [2.05, 4.69) is 6.92 Å². The van der Waals surface area contributed by atoms with E-state index in [1.165, 1.54) is 0 Å². The highest BCUT2D eigenvalue weighted by atomic mass is 35.5. The molecule has 1 nitrogen and oxygen atoms in total. The monoisotopic (exact) mass is 145 g/mol. The summed E-state index contributed by atoms with van der Waals surface area (Å²) in [6, 6.07) is 0. The maximum absolute atomic E-state index is 7.35. The molecule has 1 saturated carbocycles. The van der Waals surface area contributed by atoms with Crippen molar-refractivity contribution in [2.24, 2.45) is 5.92 Å². The van der Waals surface area contributed by atoms with Gasteiger partial charge in [0.05, 0.1) is 0 Å². The van der Waals surface area contributed by atoms with Crippen LogP contribution in [-0.4, -0.2) is 11.1 Å². The molecule has 1 fully saturated rings. The predicted molar refractivity (Wildman–Crippen MR) is 40.4 cm³/mol. The smallest absolute Gasteiger partial charge is 0.0368 e. The zero-order valence-electron chi connectivity index (χ0n) is 5.65. The van der Waals surface area contributed by atoms with Crippen LogP contribution in [0.2, 0.25) is 0 Å². The van der Waals surface area contributed by atoms with Crippen molar-refractivity contribution in [3.05, 3.63) is 0 Å². The van der Waals surface area contributed by atoms with E-state index < -0.39 is 0 Å². The third-order valence-electron chi connectivity index (χ3n) is 1.91. The highest BCUT2D eigenvalue weighted by Crippen LogP contribution is 2.25. The van der Waals surface area contributed by atoms with Crippen molar-refractivity contribution in [3.63, 3.8) is 0 Å². The molecule has 0 spiro atoms. The Bertz CT molecular complexity index is 122. The molecule has 0 aliphatic heterocycles. The summed E-state index contributed by atoms with van der Waals surface area (Å²) in [5, 5.41) is 7.67. The fraction of sp³-hybridized carbons (Fsp3) is 0.857. The molecule has 0 aromatic heterocycles. The Balaban J connectivity index is 2.44. The van der Waals surface area contributed by atoms with E-state index in [0.717, 1.165) is 25.0 Å². The van der Waals surface area contributed by atoms with Crippen LogP contribution in [0.4, 0.5) is 0 Å². The van der Waals surface area contributed by atoms with Gasteiger partial charge in [-0.05, 0) is 25.2 Å². The summed E-state index contributed by atoms with van der Waals surface area (Å²) >= 11 is 5.94. The molecule has 52 valence electrons. The Morgan fingerprint density at radius 2 is 2.33 bits per heavy atom. The van der Waals surface area contributed by atoms with Crippen LogP contribution in [0.15, 0.2) is 0 Å². The van der Waals surface area contributed by atoms with Crippen LogP contribution < -0.4 is 0 Å². The maximum atomic E-state index is 7.35. The molecule has 1 aliphatic rings. The normalized spacial score (nSPS) is 36.9. The maximum Gasteiger partial charge on any atom is 0.0368 e. The van der Waals surface area contributed by atoms with E-state index in [9.17, 15) is 0 Å². The van der Waals surface area contributed by atoms with Crippen molar-refractivity contribution in [2.75, 3.05) is 0 Å². The summed E-state index contributed by atoms with van der Waals surface area (Å²) in [5.41, 5.74) is 0.874. The topological polar surface area (TPSA) is 23.9 Å². The van der Waals surface area contributed by atoms with Crippen LogP contribution in [0.1, 0.15) is 26.2 Å². The fourth-order valence-corrected chi connectivity index (χ4v) is 1.41. The minimum Gasteiger partial charge on any atom is -0.310 e. The van der Waals surface area contributed by atoms with Crippen molar-refractivity contribution in [2.45, 2.75) is 31.6 Å². The molecule has 0 amide bonds. The molecule has 0 bridgehead atoms. The molecular formula is C7H12ClN. The zero-order valence-corrected chi connectivity index (χ0v) is 6.41. The lowest BCUT2D eigenvalue weighted by molar-refractivity contribution is 0.507. The van der Waals surface area contributed by atoms with E-state index in [1.807, 2.05) is 0 Å². The molecule has 0 heterocycles. The molecule has 1 aliphatic carbocycles. The molecule has 2 atom stereocenters. The van der Waals surface area contributed by atoms with Gasteiger partial charge < -0.3 is 5.41 Å². The molecule has 0 saturated heterocycles. The largest absolute Gasteiger partial charge is 0.310 e. The first-order valence-electron chi connectivity index (χ1n) is 3.40. The standard InChI is InChI=1S/C7H12ClN/c1-5-4-6(9)2-3-7(5)8/h5,7,9H,2-4H2,1H3. The first-order valence-corrected chi connectivity index (χ1v) is 3.84. The van der Waals surface area contributed by atoms with Gasteiger partial charge >= 0.3 is 0 Å². The highest BCUT2D eigenvalue weighted by Gasteiger charge is 2.21. The van der Waals surface area contributed by atoms with Gasteiger partial charge in [0.1, 0.15) is 0 Å². The number of nitrogens with one attached hydrogen (secondary N) is 1. The average Bonchev–Trinajstić information content (AvgIpc) is 1.80. The Labute approximate surface area is 60.9 Å². The van der Waals surface area contributed by atoms with Gasteiger partial charge in [0.15, 0.2) is 0 Å². The summed E-state index contributed by atoms with van der Waals surface area (Å²) in [7, 11) is 0. The van der Waals surface area contributed by atoms with Crippen molar-refractivity contribution in [1.29, 1.82) is 5.41 Å². The van der Waals surface area contributed by atoms with Crippen LogP contribution in [-0.2, 0) is 0 Å². The van der Waals surface area contributed by atoms with Gasteiger partial charge in [0.25, 0.3) is 0 Å². The molecule has 9 heavy (non-hydrogen) atoms. The van der Waals surface area contributed by atoms with Crippen LogP contribution in [0.25, 0.3) is 0 Å². The van der Waals surface area contributed by atoms with Crippen molar-refractivity contribution in [1.82, 2.24) is 0 Å². The molecule has 1 N–H and O–H groups in total. The number of rotatable bonds is 0. The average molecular weight is 146 g/mol. The Morgan fingerprint density at radius 1 is 1.67 bits per heavy atom. The van der Waals surface area contributed by atoms with E-state index in [-0.39, 0.29) is 0 Å². The van der Waals surface area contributed by atoms with Gasteiger partial charge in [-0.1, -0.05) is 6.92 Å². The lowest BCUT2D eigenvalue weighted by atomic mass is 9.89. The molecular weight excluding hydrogens is 134 g/mol. The lowest BCUT2D eigenvalue weighted by Crippen LogP contribution is -2.22. The van der Waals surface area contributed by atoms with E-state index >= 15 is 0 Å². The van der Waals surface area contributed by atoms with Crippen LogP contribution in [0, 0.1) is 11.3 Å². The first-order chi connectivity index (χ1) is 4.20. The van der Waals surface area contributed by atoms with Gasteiger partial charge in [0, 0.05) is 11.1 Å². The minimum atomic E-state index is 0.319.